The van der Waals surface area contributed by atoms with Crippen LogP contribution in [0.15, 0.2) is 0 Å². The third-order valence-electron chi connectivity index (χ3n) is 3.65. The van der Waals surface area contributed by atoms with Crippen molar-refractivity contribution in [3.05, 3.63) is 0 Å². The van der Waals surface area contributed by atoms with Gasteiger partial charge < -0.3 is 11.1 Å². The molecule has 2 heteroatoms. The number of nitrogens with one attached hydrogen (secondary N) is 1. The van der Waals surface area contributed by atoms with Gasteiger partial charge in [0.25, 0.3) is 0 Å². The fourth-order valence-electron chi connectivity index (χ4n) is 1.59. The third kappa shape index (κ3) is 8.12. The molecule has 2 nitrogen and oxygen atoms in total. The van der Waals surface area contributed by atoms with Crippen LogP contribution in [0.1, 0.15) is 66.2 Å². The second-order valence-corrected chi connectivity index (χ2v) is 5.71. The van der Waals surface area contributed by atoms with Crippen LogP contribution in [0.5, 0.6) is 0 Å². The molecule has 0 aromatic carbocycles. The van der Waals surface area contributed by atoms with Crippen molar-refractivity contribution in [2.24, 2.45) is 11.7 Å². The van der Waals surface area contributed by atoms with E-state index in [0.717, 1.165) is 13.1 Å². The van der Waals surface area contributed by atoms with Crippen LogP contribution in [-0.4, -0.2) is 18.6 Å². The third-order valence-corrected chi connectivity index (χ3v) is 3.65. The van der Waals surface area contributed by atoms with E-state index >= 15 is 0 Å². The molecule has 98 valence electrons. The van der Waals surface area contributed by atoms with Crippen LogP contribution in [0.3, 0.4) is 0 Å². The monoisotopic (exact) mass is 228 g/mol. The highest BCUT2D eigenvalue weighted by Crippen LogP contribution is 2.15. The molecule has 0 fully saturated rings. The first-order chi connectivity index (χ1) is 7.50. The van der Waals surface area contributed by atoms with Crippen LogP contribution in [0.2, 0.25) is 0 Å². The fourth-order valence-corrected chi connectivity index (χ4v) is 1.59. The molecule has 0 spiro atoms. The Morgan fingerprint density at radius 1 is 0.938 bits per heavy atom. The Labute approximate surface area is 102 Å². The Morgan fingerprint density at radius 3 is 1.94 bits per heavy atom. The Bertz CT molecular complexity index is 153. The molecule has 0 aromatic heterocycles. The summed E-state index contributed by atoms with van der Waals surface area (Å²) in [7, 11) is 0. The van der Waals surface area contributed by atoms with Crippen molar-refractivity contribution in [3.63, 3.8) is 0 Å². The smallest absolute Gasteiger partial charge is 0.0148 e. The number of nitrogens with two attached hydrogens (primary N) is 1. The first-order valence-electron chi connectivity index (χ1n) is 6.96. The molecule has 0 rings (SSSR count). The van der Waals surface area contributed by atoms with E-state index < -0.39 is 0 Å². The van der Waals surface area contributed by atoms with Crippen LogP contribution in [0.4, 0.5) is 0 Å². The van der Waals surface area contributed by atoms with Gasteiger partial charge in [0.2, 0.25) is 0 Å². The molecule has 0 saturated carbocycles. The number of hydrogen-bond acceptors (Lipinski definition) is 2. The molecule has 0 bridgehead atoms. The Kier molecular flexibility index (Phi) is 8.96. The van der Waals surface area contributed by atoms with Crippen molar-refractivity contribution < 1.29 is 0 Å². The largest absolute Gasteiger partial charge is 0.330 e. The average Bonchev–Trinajstić information content (AvgIpc) is 2.21. The van der Waals surface area contributed by atoms with Crippen LogP contribution >= 0.6 is 0 Å². The maximum absolute atomic E-state index is 5.46. The van der Waals surface area contributed by atoms with Gasteiger partial charge in [0.05, 0.1) is 0 Å². The van der Waals surface area contributed by atoms with E-state index in [1.165, 1.54) is 38.5 Å². The first-order valence-corrected chi connectivity index (χ1v) is 6.96. The highest BCUT2D eigenvalue weighted by atomic mass is 15.0. The van der Waals surface area contributed by atoms with Gasteiger partial charge in [-0.2, -0.15) is 0 Å². The summed E-state index contributed by atoms with van der Waals surface area (Å²) in [6, 6.07) is 0. The van der Waals surface area contributed by atoms with Crippen LogP contribution in [0, 0.1) is 5.92 Å². The van der Waals surface area contributed by atoms with E-state index in [4.69, 9.17) is 5.73 Å². The minimum atomic E-state index is 0.277. The van der Waals surface area contributed by atoms with Crippen LogP contribution in [0.25, 0.3) is 0 Å². The number of unbranched alkanes of at least 4 members (excludes halogenated alkanes) is 5. The molecule has 16 heavy (non-hydrogen) atoms. The van der Waals surface area contributed by atoms with Crippen LogP contribution in [-0.2, 0) is 0 Å². The highest BCUT2D eigenvalue weighted by Gasteiger charge is 2.20. The molecule has 0 saturated heterocycles. The first kappa shape index (κ1) is 15.9. The quantitative estimate of drug-likeness (QED) is 0.563. The molecule has 0 aliphatic heterocycles. The molecule has 0 aromatic rings. The summed E-state index contributed by atoms with van der Waals surface area (Å²) in [5.41, 5.74) is 5.73. The summed E-state index contributed by atoms with van der Waals surface area (Å²) in [5.74, 6) is 0.692. The molecule has 0 aliphatic rings. The van der Waals surface area contributed by atoms with Crippen LogP contribution < -0.4 is 11.1 Å². The molecular formula is C14H32N2. The van der Waals surface area contributed by atoms with Gasteiger partial charge in [-0.15, -0.1) is 0 Å². The lowest BCUT2D eigenvalue weighted by molar-refractivity contribution is 0.286. The highest BCUT2D eigenvalue weighted by molar-refractivity contribution is 4.80. The zero-order chi connectivity index (χ0) is 12.4. The lowest BCUT2D eigenvalue weighted by atomic mass is 9.90. The van der Waals surface area contributed by atoms with E-state index in [1.807, 2.05) is 0 Å². The van der Waals surface area contributed by atoms with Crippen molar-refractivity contribution in [1.82, 2.24) is 5.32 Å². The van der Waals surface area contributed by atoms with Gasteiger partial charge in [0, 0.05) is 5.54 Å². The zero-order valence-corrected chi connectivity index (χ0v) is 11.8. The van der Waals surface area contributed by atoms with Gasteiger partial charge in [-0.25, -0.2) is 0 Å². The number of rotatable bonds is 10. The van der Waals surface area contributed by atoms with Gasteiger partial charge in [-0.1, -0.05) is 39.5 Å². The SMILES string of the molecule is CC(C)C(C)(C)NCCCCCCCCN. The molecule has 0 unspecified atom stereocenters. The molecule has 0 atom stereocenters. The molecule has 0 amide bonds. The zero-order valence-electron chi connectivity index (χ0n) is 11.8. The molecule has 0 aliphatic carbocycles. The molecular weight excluding hydrogens is 196 g/mol. The lowest BCUT2D eigenvalue weighted by Crippen LogP contribution is -2.44. The van der Waals surface area contributed by atoms with E-state index in [0.29, 0.717) is 5.92 Å². The van der Waals surface area contributed by atoms with E-state index in [9.17, 15) is 0 Å². The van der Waals surface area contributed by atoms with E-state index in [2.05, 4.69) is 33.0 Å². The summed E-state index contributed by atoms with van der Waals surface area (Å²) < 4.78 is 0. The van der Waals surface area contributed by atoms with E-state index in [-0.39, 0.29) is 5.54 Å². The van der Waals surface area contributed by atoms with Crippen molar-refractivity contribution in [3.8, 4) is 0 Å². The minimum absolute atomic E-state index is 0.277. The lowest BCUT2D eigenvalue weighted by Gasteiger charge is -2.30. The normalized spacial score (nSPS) is 12.4. The summed E-state index contributed by atoms with van der Waals surface area (Å²) >= 11 is 0. The Morgan fingerprint density at radius 2 is 1.44 bits per heavy atom. The fraction of sp³-hybridized carbons (Fsp3) is 1.00. The maximum atomic E-state index is 5.46. The van der Waals surface area contributed by atoms with Gasteiger partial charge in [-0.3, -0.25) is 0 Å². The van der Waals surface area contributed by atoms with Crippen molar-refractivity contribution in [1.29, 1.82) is 0 Å². The summed E-state index contributed by atoms with van der Waals surface area (Å²) in [5, 5.41) is 3.64. The molecule has 0 radical (unpaired) electrons. The Hall–Kier alpha value is -0.0800. The number of hydrogen-bond donors (Lipinski definition) is 2. The summed E-state index contributed by atoms with van der Waals surface area (Å²) in [6.07, 6.45) is 7.87. The van der Waals surface area contributed by atoms with Gasteiger partial charge in [0.15, 0.2) is 0 Å². The standard InChI is InChI=1S/C14H32N2/c1-13(2)14(3,4)16-12-10-8-6-5-7-9-11-15/h13,16H,5-12,15H2,1-4H3. The van der Waals surface area contributed by atoms with Gasteiger partial charge in [-0.05, 0) is 45.7 Å². The minimum Gasteiger partial charge on any atom is -0.330 e. The second-order valence-electron chi connectivity index (χ2n) is 5.71. The predicted octanol–water partition coefficient (Wildman–Crippen LogP) is 3.31. The summed E-state index contributed by atoms with van der Waals surface area (Å²) in [4.78, 5) is 0. The van der Waals surface area contributed by atoms with E-state index in [1.54, 1.807) is 0 Å². The van der Waals surface area contributed by atoms with Crippen molar-refractivity contribution in [2.45, 2.75) is 71.8 Å². The molecule has 3 N–H and O–H groups in total. The predicted molar refractivity (Wildman–Crippen MR) is 73.7 cm³/mol. The average molecular weight is 228 g/mol. The maximum Gasteiger partial charge on any atom is 0.0148 e. The van der Waals surface area contributed by atoms with Crippen molar-refractivity contribution in [2.75, 3.05) is 13.1 Å². The topological polar surface area (TPSA) is 38.0 Å². The second kappa shape index (κ2) is 9.00. The van der Waals surface area contributed by atoms with Crippen molar-refractivity contribution >= 4 is 0 Å². The van der Waals surface area contributed by atoms with Gasteiger partial charge >= 0.3 is 0 Å². The summed E-state index contributed by atoms with van der Waals surface area (Å²) in [6.45, 7) is 11.1. The van der Waals surface area contributed by atoms with Gasteiger partial charge in [0.1, 0.15) is 0 Å². The molecule has 0 heterocycles. The Balaban J connectivity index is 3.27.